The lowest BCUT2D eigenvalue weighted by molar-refractivity contribution is -0.289. The number of aromatic amines is 1. The van der Waals surface area contributed by atoms with Crippen LogP contribution in [0, 0.1) is 6.92 Å². The van der Waals surface area contributed by atoms with E-state index >= 15 is 0 Å². The minimum Gasteiger partial charge on any atom is -0.489 e. The van der Waals surface area contributed by atoms with Gasteiger partial charge in [0.25, 0.3) is 0 Å². The van der Waals surface area contributed by atoms with Crippen LogP contribution in [-0.2, 0) is 62.1 Å². The SMILES string of the molecule is CC(=O)OC[C@H]1O[C@@H](Oc2n[nH]c(C(F)(F)F)c2Cc2ccc(OCc3ccccc3)cc2C)[C@H](OC(C)=O)[C@@H](OC(C)=O)[C@H]1OC(C)=O. The molecule has 0 spiro atoms. The van der Waals surface area contributed by atoms with Gasteiger partial charge in [-0.1, -0.05) is 36.4 Å². The lowest BCUT2D eigenvalue weighted by Gasteiger charge is -2.43. The Morgan fingerprint density at radius 1 is 0.857 bits per heavy atom. The summed E-state index contributed by atoms with van der Waals surface area (Å²) in [6.07, 6.45) is -13.2. The van der Waals surface area contributed by atoms with Crippen molar-refractivity contribution in [3.05, 3.63) is 76.5 Å². The number of hydrogen-bond acceptors (Lipinski definition) is 12. The van der Waals surface area contributed by atoms with Gasteiger partial charge >= 0.3 is 30.1 Å². The highest BCUT2D eigenvalue weighted by Crippen LogP contribution is 2.38. The molecule has 16 heteroatoms. The number of aromatic nitrogens is 2. The maximum atomic E-state index is 14.2. The van der Waals surface area contributed by atoms with Crippen LogP contribution in [-0.4, -0.2) is 71.4 Å². The quantitative estimate of drug-likeness (QED) is 0.211. The third-order valence-corrected chi connectivity index (χ3v) is 7.22. The summed E-state index contributed by atoms with van der Waals surface area (Å²) in [6, 6.07) is 14.3. The van der Waals surface area contributed by atoms with Crippen molar-refractivity contribution in [2.45, 2.75) is 84.5 Å². The van der Waals surface area contributed by atoms with Crippen LogP contribution in [0.25, 0.3) is 0 Å². The zero-order valence-corrected chi connectivity index (χ0v) is 27.2. The van der Waals surface area contributed by atoms with Crippen molar-refractivity contribution in [2.24, 2.45) is 0 Å². The van der Waals surface area contributed by atoms with Crippen LogP contribution in [0.5, 0.6) is 11.6 Å². The fourth-order valence-corrected chi connectivity index (χ4v) is 5.13. The second kappa shape index (κ2) is 15.9. The van der Waals surface area contributed by atoms with Crippen molar-refractivity contribution < 1.29 is 65.5 Å². The molecule has 0 radical (unpaired) electrons. The van der Waals surface area contributed by atoms with Crippen LogP contribution < -0.4 is 9.47 Å². The first-order valence-electron chi connectivity index (χ1n) is 15.0. The van der Waals surface area contributed by atoms with Crippen LogP contribution in [0.1, 0.15) is 55.6 Å². The van der Waals surface area contributed by atoms with Crippen LogP contribution >= 0.6 is 0 Å². The highest BCUT2D eigenvalue weighted by molar-refractivity contribution is 5.68. The molecule has 1 aromatic heterocycles. The van der Waals surface area contributed by atoms with Crippen LogP contribution in [0.3, 0.4) is 0 Å². The number of hydrogen-bond donors (Lipinski definition) is 1. The molecule has 1 aliphatic heterocycles. The van der Waals surface area contributed by atoms with Gasteiger partial charge in [-0.25, -0.2) is 0 Å². The molecule has 1 N–H and O–H groups in total. The number of carbonyl (C=O) groups is 4. The Hall–Kier alpha value is -5.12. The standard InChI is InChI=1S/C33H35F3N2O11/c1-17-13-24(44-15-22-9-7-6-8-10-22)12-11-23(17)14-25-30(33(34,35)36)37-38-31(25)49-32-29(47-21(5)42)28(46-20(4)41)27(45-19(3)40)26(48-32)16-43-18(2)39/h6-13,26-29,32H,14-16H2,1-5H3,(H,37,38)/t26-,27+,28+,29-,32+/m1/s1. The Bertz CT molecular complexity index is 1640. The second-order valence-corrected chi connectivity index (χ2v) is 11.1. The van der Waals surface area contributed by atoms with E-state index in [1.807, 2.05) is 35.4 Å². The molecule has 3 aromatic rings. The summed E-state index contributed by atoms with van der Waals surface area (Å²) in [4.78, 5) is 47.9. The molecule has 0 aliphatic carbocycles. The number of alkyl halides is 3. The summed E-state index contributed by atoms with van der Waals surface area (Å²) in [5.41, 5.74) is 0.392. The highest BCUT2D eigenvalue weighted by Gasteiger charge is 2.54. The van der Waals surface area contributed by atoms with Gasteiger partial charge in [0, 0.05) is 34.1 Å². The molecule has 0 unspecified atom stereocenters. The molecule has 0 bridgehead atoms. The molecular formula is C33H35F3N2O11. The molecule has 13 nitrogen and oxygen atoms in total. The van der Waals surface area contributed by atoms with Crippen LogP contribution in [0.15, 0.2) is 48.5 Å². The Balaban J connectivity index is 1.69. The van der Waals surface area contributed by atoms with Gasteiger partial charge in [0.2, 0.25) is 18.3 Å². The number of rotatable bonds is 12. The van der Waals surface area contributed by atoms with Crippen molar-refractivity contribution in [2.75, 3.05) is 6.61 Å². The number of ether oxygens (including phenoxy) is 7. The number of halogens is 3. The molecule has 264 valence electrons. The Morgan fingerprint density at radius 3 is 2.08 bits per heavy atom. The molecule has 4 rings (SSSR count). The van der Waals surface area contributed by atoms with Gasteiger partial charge in [0.1, 0.15) is 30.8 Å². The number of aryl methyl sites for hydroxylation is 1. The lowest BCUT2D eigenvalue weighted by Crippen LogP contribution is -2.63. The number of H-pyrrole nitrogens is 1. The van der Waals surface area contributed by atoms with Gasteiger partial charge in [0.15, 0.2) is 12.2 Å². The summed E-state index contributed by atoms with van der Waals surface area (Å²) in [6.45, 7) is 5.63. The fourth-order valence-electron chi connectivity index (χ4n) is 5.13. The Morgan fingerprint density at radius 2 is 1.49 bits per heavy atom. The predicted octanol–water partition coefficient (Wildman–Crippen LogP) is 4.37. The van der Waals surface area contributed by atoms with Gasteiger partial charge < -0.3 is 33.2 Å². The van der Waals surface area contributed by atoms with E-state index in [2.05, 4.69) is 5.10 Å². The molecule has 1 aliphatic rings. The van der Waals surface area contributed by atoms with Crippen LogP contribution in [0.2, 0.25) is 0 Å². The third kappa shape index (κ3) is 9.95. The topological polar surface area (TPSA) is 162 Å². The van der Waals surface area contributed by atoms with E-state index < -0.39 is 84.5 Å². The maximum absolute atomic E-state index is 14.2. The number of nitrogens with one attached hydrogen (secondary N) is 1. The summed E-state index contributed by atoms with van der Waals surface area (Å²) < 4.78 is 81.4. The van der Waals surface area contributed by atoms with Crippen molar-refractivity contribution >= 4 is 23.9 Å². The number of carbonyl (C=O) groups excluding carboxylic acids is 4. The summed E-state index contributed by atoms with van der Waals surface area (Å²) in [5, 5.41) is 5.73. The molecule has 5 atom stereocenters. The van der Waals surface area contributed by atoms with E-state index in [1.165, 1.54) is 0 Å². The van der Waals surface area contributed by atoms with E-state index in [4.69, 9.17) is 33.2 Å². The first kappa shape index (κ1) is 36.7. The van der Waals surface area contributed by atoms with Crippen molar-refractivity contribution in [3.63, 3.8) is 0 Å². The van der Waals surface area contributed by atoms with Gasteiger partial charge in [-0.15, -0.1) is 5.10 Å². The Labute approximate surface area is 278 Å². The van der Waals surface area contributed by atoms with Gasteiger partial charge in [-0.3, -0.25) is 24.3 Å². The molecule has 1 fully saturated rings. The zero-order valence-electron chi connectivity index (χ0n) is 27.2. The first-order valence-corrected chi connectivity index (χ1v) is 15.0. The van der Waals surface area contributed by atoms with E-state index in [0.717, 1.165) is 33.3 Å². The van der Waals surface area contributed by atoms with Gasteiger partial charge in [0.05, 0.1) is 5.56 Å². The average molecular weight is 693 g/mol. The molecule has 2 heterocycles. The largest absolute Gasteiger partial charge is 0.489 e. The highest BCUT2D eigenvalue weighted by atomic mass is 19.4. The van der Waals surface area contributed by atoms with E-state index in [0.29, 0.717) is 16.9 Å². The average Bonchev–Trinajstić information content (AvgIpc) is 3.41. The monoisotopic (exact) mass is 692 g/mol. The molecular weight excluding hydrogens is 657 g/mol. The van der Waals surface area contributed by atoms with Crippen molar-refractivity contribution in [1.29, 1.82) is 0 Å². The zero-order chi connectivity index (χ0) is 35.9. The predicted molar refractivity (Wildman–Crippen MR) is 161 cm³/mol. The van der Waals surface area contributed by atoms with Crippen molar-refractivity contribution in [3.8, 4) is 11.6 Å². The smallest absolute Gasteiger partial charge is 0.433 e. The molecule has 0 saturated carbocycles. The summed E-state index contributed by atoms with van der Waals surface area (Å²) in [5.74, 6) is -3.47. The maximum Gasteiger partial charge on any atom is 0.433 e. The van der Waals surface area contributed by atoms with Gasteiger partial charge in [-0.2, -0.15) is 13.2 Å². The van der Waals surface area contributed by atoms with E-state index in [-0.39, 0.29) is 13.0 Å². The van der Waals surface area contributed by atoms with E-state index in [1.54, 1.807) is 25.1 Å². The first-order chi connectivity index (χ1) is 23.1. The molecule has 0 amide bonds. The number of esters is 4. The second-order valence-electron chi connectivity index (χ2n) is 11.1. The number of nitrogens with zero attached hydrogens (tertiary/aromatic N) is 1. The minimum atomic E-state index is -4.89. The van der Waals surface area contributed by atoms with E-state index in [9.17, 15) is 32.3 Å². The van der Waals surface area contributed by atoms with Gasteiger partial charge in [-0.05, 0) is 35.7 Å². The van der Waals surface area contributed by atoms with Crippen molar-refractivity contribution in [1.82, 2.24) is 10.2 Å². The minimum absolute atomic E-state index is 0.285. The van der Waals surface area contributed by atoms with Crippen LogP contribution in [0.4, 0.5) is 13.2 Å². The lowest BCUT2D eigenvalue weighted by atomic mass is 9.98. The fraction of sp³-hybridized carbons (Fsp3) is 0.424. The normalized spacial score (nSPS) is 20.5. The summed E-state index contributed by atoms with van der Waals surface area (Å²) in [7, 11) is 0. The Kier molecular flexibility index (Phi) is 11.9. The molecule has 1 saturated heterocycles. The molecule has 49 heavy (non-hydrogen) atoms. The third-order valence-electron chi connectivity index (χ3n) is 7.22. The number of benzene rings is 2. The molecule has 2 aromatic carbocycles. The summed E-state index contributed by atoms with van der Waals surface area (Å²) >= 11 is 0.